The molecule has 0 radical (unpaired) electrons. The lowest BCUT2D eigenvalue weighted by Gasteiger charge is -2.21. The van der Waals surface area contributed by atoms with Gasteiger partial charge < -0.3 is 9.47 Å². The second-order valence-corrected chi connectivity index (χ2v) is 6.65. The Bertz CT molecular complexity index is 327. The summed E-state index contributed by atoms with van der Waals surface area (Å²) in [5, 5.41) is 0. The van der Waals surface area contributed by atoms with Crippen molar-refractivity contribution in [2.75, 3.05) is 13.2 Å². The molecule has 0 aliphatic rings. The number of ketones is 1. The van der Waals surface area contributed by atoms with Gasteiger partial charge in [0.05, 0.1) is 13.2 Å². The first-order valence-corrected chi connectivity index (χ1v) is 7.60. The molecule has 110 valence electrons. The largest absolute Gasteiger partial charge is 0.479 e. The molecule has 0 saturated heterocycles. The number of carbonyl (C=O) groups is 2. The van der Waals surface area contributed by atoms with Crippen LogP contribution in [0.5, 0.6) is 0 Å². The Morgan fingerprint density at radius 2 is 1.84 bits per heavy atom. The first-order chi connectivity index (χ1) is 8.83. The Hall–Kier alpha value is -0.620. The minimum atomic E-state index is -0.777. The quantitative estimate of drug-likeness (QED) is 0.390. The van der Waals surface area contributed by atoms with E-state index < -0.39 is 4.75 Å². The van der Waals surface area contributed by atoms with Crippen LogP contribution in [0.3, 0.4) is 0 Å². The zero-order valence-electron chi connectivity index (χ0n) is 12.0. The first-order valence-electron chi connectivity index (χ1n) is 6.38. The fourth-order valence-electron chi connectivity index (χ4n) is 1.18. The molecule has 0 amide bonds. The van der Waals surface area contributed by atoms with Gasteiger partial charge in [0.1, 0.15) is 10.5 Å². The normalized spacial score (nSPS) is 10.9. The van der Waals surface area contributed by atoms with Gasteiger partial charge in [0.15, 0.2) is 0 Å². The van der Waals surface area contributed by atoms with E-state index in [0.717, 1.165) is 0 Å². The van der Waals surface area contributed by atoms with Crippen LogP contribution >= 0.6 is 24.0 Å². The number of Topliss-reactive ketones (excluding diaryl/α,β-unsaturated/α-hetero) is 1. The summed E-state index contributed by atoms with van der Waals surface area (Å²) in [6.45, 7) is 7.88. The molecule has 0 fully saturated rings. The van der Waals surface area contributed by atoms with Crippen LogP contribution in [-0.2, 0) is 19.1 Å². The highest BCUT2D eigenvalue weighted by molar-refractivity contribution is 8.23. The van der Waals surface area contributed by atoms with Crippen LogP contribution in [0.4, 0.5) is 0 Å². The summed E-state index contributed by atoms with van der Waals surface area (Å²) in [5.41, 5.74) is 0. The third kappa shape index (κ3) is 8.21. The van der Waals surface area contributed by atoms with Gasteiger partial charge in [-0.15, -0.1) is 0 Å². The van der Waals surface area contributed by atoms with Crippen molar-refractivity contribution in [2.24, 2.45) is 0 Å². The minimum Gasteiger partial charge on any atom is -0.479 e. The average molecular weight is 306 g/mol. The molecule has 0 spiro atoms. The molecule has 0 saturated carbocycles. The third-order valence-electron chi connectivity index (χ3n) is 2.32. The summed E-state index contributed by atoms with van der Waals surface area (Å²) in [6, 6.07) is 0. The number of carbonyl (C=O) groups excluding carboxylic acids is 2. The van der Waals surface area contributed by atoms with Gasteiger partial charge in [0.2, 0.25) is 4.38 Å². The Kier molecular flexibility index (Phi) is 9.01. The van der Waals surface area contributed by atoms with Gasteiger partial charge >= 0.3 is 5.97 Å². The molecule has 0 aromatic rings. The Morgan fingerprint density at radius 1 is 1.21 bits per heavy atom. The molecule has 0 aliphatic heterocycles. The van der Waals surface area contributed by atoms with E-state index in [1.165, 1.54) is 11.8 Å². The molecule has 0 rings (SSSR count). The first kappa shape index (κ1) is 18.4. The standard InChI is InChI=1S/C13H22O4S2/c1-5-10(14)8-7-9-17-11(15)13(3,4)19-12(18)16-6-2/h5-9H2,1-4H3. The number of esters is 1. The smallest absolute Gasteiger partial charge is 0.322 e. The van der Waals surface area contributed by atoms with Crippen molar-refractivity contribution in [2.45, 2.75) is 51.7 Å². The van der Waals surface area contributed by atoms with Crippen molar-refractivity contribution < 1.29 is 19.1 Å². The van der Waals surface area contributed by atoms with Crippen LogP contribution in [0.25, 0.3) is 0 Å². The Balaban J connectivity index is 4.03. The number of thioether (sulfide) groups is 1. The maximum Gasteiger partial charge on any atom is 0.322 e. The van der Waals surface area contributed by atoms with Crippen LogP contribution in [0.2, 0.25) is 0 Å². The second-order valence-electron chi connectivity index (χ2n) is 4.43. The number of thiocarbonyl (C=S) groups is 1. The predicted octanol–water partition coefficient (Wildman–Crippen LogP) is 3.12. The summed E-state index contributed by atoms with van der Waals surface area (Å²) < 4.78 is 9.86. The lowest BCUT2D eigenvalue weighted by molar-refractivity contribution is -0.146. The zero-order valence-corrected chi connectivity index (χ0v) is 13.6. The molecular formula is C13H22O4S2. The summed E-state index contributed by atoms with van der Waals surface area (Å²) >= 11 is 6.17. The molecule has 0 aromatic heterocycles. The van der Waals surface area contributed by atoms with E-state index in [4.69, 9.17) is 21.7 Å². The van der Waals surface area contributed by atoms with Gasteiger partial charge in [-0.1, -0.05) is 18.7 Å². The Morgan fingerprint density at radius 3 is 2.37 bits per heavy atom. The molecule has 0 unspecified atom stereocenters. The molecule has 0 aromatic carbocycles. The second kappa shape index (κ2) is 9.31. The van der Waals surface area contributed by atoms with Gasteiger partial charge in [-0.3, -0.25) is 9.59 Å². The van der Waals surface area contributed by atoms with Crippen LogP contribution in [0.1, 0.15) is 47.0 Å². The summed E-state index contributed by atoms with van der Waals surface area (Å²) in [4.78, 5) is 23.0. The van der Waals surface area contributed by atoms with Crippen molar-refractivity contribution in [1.29, 1.82) is 0 Å². The van der Waals surface area contributed by atoms with Crippen molar-refractivity contribution in [3.63, 3.8) is 0 Å². The lowest BCUT2D eigenvalue weighted by atomic mass is 10.2. The highest BCUT2D eigenvalue weighted by Gasteiger charge is 2.32. The van der Waals surface area contributed by atoms with Crippen LogP contribution in [0, 0.1) is 0 Å². The number of hydrogen-bond donors (Lipinski definition) is 0. The van der Waals surface area contributed by atoms with E-state index >= 15 is 0 Å². The minimum absolute atomic E-state index is 0.183. The van der Waals surface area contributed by atoms with Crippen molar-refractivity contribution in [3.05, 3.63) is 0 Å². The van der Waals surface area contributed by atoms with Gasteiger partial charge in [-0.05, 0) is 39.4 Å². The summed E-state index contributed by atoms with van der Waals surface area (Å²) in [5.74, 6) is -0.161. The zero-order chi connectivity index (χ0) is 14.9. The summed E-state index contributed by atoms with van der Waals surface area (Å²) in [7, 11) is 0. The van der Waals surface area contributed by atoms with Gasteiger partial charge in [0.25, 0.3) is 0 Å². The molecule has 0 atom stereocenters. The number of rotatable bonds is 8. The molecule has 19 heavy (non-hydrogen) atoms. The van der Waals surface area contributed by atoms with Crippen molar-refractivity contribution in [3.8, 4) is 0 Å². The fraction of sp³-hybridized carbons (Fsp3) is 0.769. The van der Waals surface area contributed by atoms with E-state index in [1.54, 1.807) is 13.8 Å². The molecular weight excluding hydrogens is 284 g/mol. The van der Waals surface area contributed by atoms with Crippen LogP contribution < -0.4 is 0 Å². The lowest BCUT2D eigenvalue weighted by Crippen LogP contribution is -2.32. The SMILES string of the molecule is CCOC(=S)SC(C)(C)C(=O)OCCCC(=O)CC. The number of ether oxygens (including phenoxy) is 2. The molecule has 0 aliphatic carbocycles. The monoisotopic (exact) mass is 306 g/mol. The van der Waals surface area contributed by atoms with Crippen LogP contribution in [0.15, 0.2) is 0 Å². The van der Waals surface area contributed by atoms with Gasteiger partial charge in [-0.25, -0.2) is 0 Å². The predicted molar refractivity (Wildman–Crippen MR) is 81.4 cm³/mol. The average Bonchev–Trinajstić information content (AvgIpc) is 2.33. The molecule has 4 nitrogen and oxygen atoms in total. The molecule has 0 heterocycles. The highest BCUT2D eigenvalue weighted by atomic mass is 32.2. The van der Waals surface area contributed by atoms with Crippen LogP contribution in [-0.4, -0.2) is 34.1 Å². The highest BCUT2D eigenvalue weighted by Crippen LogP contribution is 2.28. The van der Waals surface area contributed by atoms with E-state index in [-0.39, 0.29) is 18.4 Å². The van der Waals surface area contributed by atoms with Crippen molar-refractivity contribution in [1.82, 2.24) is 0 Å². The van der Waals surface area contributed by atoms with E-state index in [9.17, 15) is 9.59 Å². The molecule has 0 bridgehead atoms. The van der Waals surface area contributed by atoms with Gasteiger partial charge in [-0.2, -0.15) is 0 Å². The number of hydrogen-bond acceptors (Lipinski definition) is 6. The van der Waals surface area contributed by atoms with E-state index in [1.807, 2.05) is 13.8 Å². The summed E-state index contributed by atoms with van der Waals surface area (Å²) in [6.07, 6.45) is 1.54. The van der Waals surface area contributed by atoms with Gasteiger partial charge in [0, 0.05) is 12.8 Å². The molecule has 0 N–H and O–H groups in total. The third-order valence-corrected chi connectivity index (χ3v) is 3.65. The van der Waals surface area contributed by atoms with Crippen molar-refractivity contribution >= 4 is 40.1 Å². The molecule has 6 heteroatoms. The van der Waals surface area contributed by atoms with E-state index in [0.29, 0.717) is 30.3 Å². The Labute approximate surface area is 124 Å². The maximum atomic E-state index is 11.9. The van der Waals surface area contributed by atoms with E-state index in [2.05, 4.69) is 0 Å². The maximum absolute atomic E-state index is 11.9. The topological polar surface area (TPSA) is 52.6 Å². The fourth-order valence-corrected chi connectivity index (χ4v) is 2.66.